The third kappa shape index (κ3) is 2.98. The first-order chi connectivity index (χ1) is 3.81. The molecular weight excluding hydrogens is 100 g/mol. The Hall–Kier alpha value is -1.23. The van der Waals surface area contributed by atoms with Gasteiger partial charge in [-0.05, 0) is 0 Å². The van der Waals surface area contributed by atoms with Gasteiger partial charge >= 0.3 is 0 Å². The van der Waals surface area contributed by atoms with Gasteiger partial charge in [-0.1, -0.05) is 12.5 Å². The van der Waals surface area contributed by atoms with Crippen molar-refractivity contribution in [2.75, 3.05) is 7.05 Å². The Bertz CT molecular complexity index is 139. The van der Waals surface area contributed by atoms with Crippen LogP contribution in [0.2, 0.25) is 0 Å². The zero-order chi connectivity index (χ0) is 6.41. The van der Waals surface area contributed by atoms with E-state index in [9.17, 15) is 0 Å². The highest BCUT2D eigenvalue weighted by atomic mass is 14.9. The van der Waals surface area contributed by atoms with Gasteiger partial charge in [-0.15, -0.1) is 6.42 Å². The molecule has 0 aliphatic heterocycles. The Kier molecular flexibility index (Phi) is 3.34. The number of aliphatic imine (C=N–C) groups is 1. The highest BCUT2D eigenvalue weighted by Gasteiger charge is 1.74. The number of nitrogens with one attached hydrogen (secondary N) is 1. The fourth-order valence-corrected chi connectivity index (χ4v) is 0.184. The van der Waals surface area contributed by atoms with Crippen LogP contribution >= 0.6 is 0 Å². The van der Waals surface area contributed by atoms with Crippen LogP contribution in [0.4, 0.5) is 0 Å². The Morgan fingerprint density at radius 1 is 2.00 bits per heavy atom. The summed E-state index contributed by atoms with van der Waals surface area (Å²) in [7, 11) is 1.65. The van der Waals surface area contributed by atoms with Crippen LogP contribution in [0.5, 0.6) is 0 Å². The molecule has 0 heterocycles. The van der Waals surface area contributed by atoms with Crippen molar-refractivity contribution in [3.05, 3.63) is 12.3 Å². The molecular formula is C6H8N2. The van der Waals surface area contributed by atoms with Crippen LogP contribution in [-0.4, -0.2) is 13.4 Å². The Labute approximate surface area is 49.3 Å². The fraction of sp³-hybridized carbons (Fsp3) is 0.167. The fourth-order valence-electron chi connectivity index (χ4n) is 0.184. The smallest absolute Gasteiger partial charge is 0.0869 e. The number of rotatable bonds is 2. The molecule has 0 amide bonds. The van der Waals surface area contributed by atoms with E-state index in [0.717, 1.165) is 0 Å². The summed E-state index contributed by atoms with van der Waals surface area (Å²) in [6, 6.07) is 0. The van der Waals surface area contributed by atoms with E-state index in [2.05, 4.69) is 22.8 Å². The molecule has 8 heavy (non-hydrogen) atoms. The van der Waals surface area contributed by atoms with Gasteiger partial charge in [-0.3, -0.25) is 4.99 Å². The van der Waals surface area contributed by atoms with Crippen molar-refractivity contribution in [2.45, 2.75) is 0 Å². The molecule has 0 aromatic carbocycles. The summed E-state index contributed by atoms with van der Waals surface area (Å²) in [6.07, 6.45) is 6.43. The predicted molar refractivity (Wildman–Crippen MR) is 35.5 cm³/mol. The molecule has 0 aromatic heterocycles. The van der Waals surface area contributed by atoms with Gasteiger partial charge in [-0.25, -0.2) is 0 Å². The standard InChI is InChI=1S/C6H8N2/c1-4-6(2)8-5-7-3/h1,5H,2H2,3H3,(H,7,8). The van der Waals surface area contributed by atoms with Gasteiger partial charge in [0.25, 0.3) is 0 Å². The van der Waals surface area contributed by atoms with Crippen molar-refractivity contribution >= 4 is 6.34 Å². The maximum atomic E-state index is 4.94. The molecule has 0 rings (SSSR count). The molecule has 0 saturated heterocycles. The molecule has 42 valence electrons. The number of allylic oxidation sites excluding steroid dienone is 1. The molecule has 2 nitrogen and oxygen atoms in total. The number of terminal acetylenes is 1. The second kappa shape index (κ2) is 3.94. The van der Waals surface area contributed by atoms with Crippen molar-refractivity contribution in [2.24, 2.45) is 4.99 Å². The quantitative estimate of drug-likeness (QED) is 0.309. The molecule has 0 saturated carbocycles. The third-order valence-electron chi connectivity index (χ3n) is 0.542. The van der Waals surface area contributed by atoms with Gasteiger partial charge < -0.3 is 5.32 Å². The summed E-state index contributed by atoms with van der Waals surface area (Å²) in [5.41, 5.74) is 0.524. The first kappa shape index (κ1) is 6.77. The van der Waals surface area contributed by atoms with Crippen LogP contribution in [0, 0.1) is 12.3 Å². The summed E-state index contributed by atoms with van der Waals surface area (Å²) >= 11 is 0. The van der Waals surface area contributed by atoms with Crippen LogP contribution in [0.3, 0.4) is 0 Å². The van der Waals surface area contributed by atoms with Gasteiger partial charge in [0.15, 0.2) is 0 Å². The monoisotopic (exact) mass is 108 g/mol. The SMILES string of the molecule is C#CC(=C)NC=NC. The first-order valence-electron chi connectivity index (χ1n) is 2.14. The molecule has 0 aromatic rings. The van der Waals surface area contributed by atoms with E-state index < -0.39 is 0 Å². The molecule has 0 fully saturated rings. The van der Waals surface area contributed by atoms with E-state index in [0.29, 0.717) is 5.70 Å². The predicted octanol–water partition coefficient (Wildman–Crippen LogP) is 0.381. The van der Waals surface area contributed by atoms with E-state index in [4.69, 9.17) is 6.42 Å². The topological polar surface area (TPSA) is 24.4 Å². The summed E-state index contributed by atoms with van der Waals surface area (Å²) in [5.74, 6) is 2.30. The van der Waals surface area contributed by atoms with Gasteiger partial charge in [0.05, 0.1) is 12.0 Å². The molecule has 0 spiro atoms. The normalized spacial score (nSPS) is 8.50. The lowest BCUT2D eigenvalue weighted by atomic mass is 10.5. The lowest BCUT2D eigenvalue weighted by Gasteiger charge is -1.90. The highest BCUT2D eigenvalue weighted by molar-refractivity contribution is 5.58. The molecule has 0 atom stereocenters. The summed E-state index contributed by atoms with van der Waals surface area (Å²) in [4.78, 5) is 3.63. The zero-order valence-corrected chi connectivity index (χ0v) is 4.81. The molecule has 0 radical (unpaired) electrons. The minimum Gasteiger partial charge on any atom is -0.340 e. The molecule has 1 N–H and O–H groups in total. The van der Waals surface area contributed by atoms with Crippen LogP contribution in [0.25, 0.3) is 0 Å². The van der Waals surface area contributed by atoms with Crippen LogP contribution in [0.1, 0.15) is 0 Å². The van der Waals surface area contributed by atoms with E-state index in [-0.39, 0.29) is 0 Å². The van der Waals surface area contributed by atoms with Crippen LogP contribution in [0.15, 0.2) is 17.3 Å². The van der Waals surface area contributed by atoms with Crippen molar-refractivity contribution in [3.63, 3.8) is 0 Å². The van der Waals surface area contributed by atoms with Crippen LogP contribution < -0.4 is 5.32 Å². The first-order valence-corrected chi connectivity index (χ1v) is 2.14. The second-order valence-corrected chi connectivity index (χ2v) is 1.15. The minimum atomic E-state index is 0.524. The average molecular weight is 108 g/mol. The maximum Gasteiger partial charge on any atom is 0.0869 e. The highest BCUT2D eigenvalue weighted by Crippen LogP contribution is 1.71. The van der Waals surface area contributed by atoms with Crippen LogP contribution in [-0.2, 0) is 0 Å². The van der Waals surface area contributed by atoms with Crippen molar-refractivity contribution in [1.29, 1.82) is 0 Å². The summed E-state index contributed by atoms with van der Waals surface area (Å²) in [6.45, 7) is 3.47. The zero-order valence-electron chi connectivity index (χ0n) is 4.81. The Morgan fingerprint density at radius 3 is 3.00 bits per heavy atom. The molecule has 2 heteroatoms. The van der Waals surface area contributed by atoms with E-state index >= 15 is 0 Å². The lowest BCUT2D eigenvalue weighted by molar-refractivity contribution is 1.23. The molecule has 0 unspecified atom stereocenters. The van der Waals surface area contributed by atoms with Crippen molar-refractivity contribution in [3.8, 4) is 12.3 Å². The van der Waals surface area contributed by atoms with Gasteiger partial charge in [0, 0.05) is 7.05 Å². The van der Waals surface area contributed by atoms with Gasteiger partial charge in [0.1, 0.15) is 0 Å². The number of hydrogen-bond acceptors (Lipinski definition) is 1. The maximum absolute atomic E-state index is 4.94. The van der Waals surface area contributed by atoms with Gasteiger partial charge in [0.2, 0.25) is 0 Å². The number of nitrogens with zero attached hydrogens (tertiary/aromatic N) is 1. The van der Waals surface area contributed by atoms with Crippen molar-refractivity contribution in [1.82, 2.24) is 5.32 Å². The summed E-state index contributed by atoms with van der Waals surface area (Å²) < 4.78 is 0. The Morgan fingerprint density at radius 2 is 2.62 bits per heavy atom. The Balaban J connectivity index is 3.44. The number of hydrogen-bond donors (Lipinski definition) is 1. The molecule has 0 aliphatic carbocycles. The average Bonchev–Trinajstić information content (AvgIpc) is 1.83. The van der Waals surface area contributed by atoms with E-state index in [1.165, 1.54) is 6.34 Å². The minimum absolute atomic E-state index is 0.524. The molecule has 0 aliphatic rings. The molecule has 0 bridgehead atoms. The van der Waals surface area contributed by atoms with Crippen molar-refractivity contribution < 1.29 is 0 Å². The second-order valence-electron chi connectivity index (χ2n) is 1.15. The lowest BCUT2D eigenvalue weighted by Crippen LogP contribution is -2.06. The largest absolute Gasteiger partial charge is 0.340 e. The third-order valence-corrected chi connectivity index (χ3v) is 0.542. The summed E-state index contributed by atoms with van der Waals surface area (Å²) in [5, 5.41) is 2.66. The van der Waals surface area contributed by atoms with E-state index in [1.54, 1.807) is 7.05 Å². The van der Waals surface area contributed by atoms with E-state index in [1.807, 2.05) is 0 Å². The van der Waals surface area contributed by atoms with Gasteiger partial charge in [-0.2, -0.15) is 0 Å².